The zero-order valence-corrected chi connectivity index (χ0v) is 13.4. The quantitative estimate of drug-likeness (QED) is 0.794. The fraction of sp³-hybridized carbons (Fsp3) is 0.667. The maximum absolute atomic E-state index is 3.45. The number of likely N-dealkylation sites (tertiary alicyclic amines) is 1. The molecule has 112 valence electrons. The first-order valence-electron chi connectivity index (χ1n) is 8.23. The maximum atomic E-state index is 3.45. The Morgan fingerprint density at radius 2 is 1.85 bits per heavy atom. The van der Waals surface area contributed by atoms with Crippen LogP contribution in [0, 0.1) is 5.92 Å². The molecule has 20 heavy (non-hydrogen) atoms. The summed E-state index contributed by atoms with van der Waals surface area (Å²) in [5, 5.41) is 3.45. The molecule has 0 amide bonds. The molecular weight excluding hydrogens is 244 g/mol. The summed E-state index contributed by atoms with van der Waals surface area (Å²) in [5.74, 6) is 0.835. The molecule has 0 radical (unpaired) electrons. The largest absolute Gasteiger partial charge is 0.313 e. The molecule has 1 fully saturated rings. The Kier molecular flexibility index (Phi) is 6.06. The second-order valence-corrected chi connectivity index (χ2v) is 6.32. The lowest BCUT2D eigenvalue weighted by Crippen LogP contribution is -2.41. The fourth-order valence-corrected chi connectivity index (χ4v) is 3.05. The van der Waals surface area contributed by atoms with E-state index < -0.39 is 0 Å². The monoisotopic (exact) mass is 274 g/mol. The van der Waals surface area contributed by atoms with Crippen LogP contribution < -0.4 is 5.32 Å². The van der Waals surface area contributed by atoms with Gasteiger partial charge in [-0.15, -0.1) is 0 Å². The zero-order valence-electron chi connectivity index (χ0n) is 13.4. The summed E-state index contributed by atoms with van der Waals surface area (Å²) in [4.78, 5) is 2.64. The normalized spacial score (nSPS) is 23.9. The molecule has 1 aliphatic heterocycles. The summed E-state index contributed by atoms with van der Waals surface area (Å²) >= 11 is 0. The minimum absolute atomic E-state index is 0.717. The Morgan fingerprint density at radius 3 is 2.55 bits per heavy atom. The second-order valence-electron chi connectivity index (χ2n) is 6.32. The van der Waals surface area contributed by atoms with Gasteiger partial charge in [0.25, 0.3) is 0 Å². The van der Waals surface area contributed by atoms with E-state index in [4.69, 9.17) is 0 Å². The molecule has 1 aromatic rings. The number of hydrogen-bond donors (Lipinski definition) is 1. The van der Waals surface area contributed by atoms with Gasteiger partial charge in [0.05, 0.1) is 0 Å². The average Bonchev–Trinajstić information content (AvgIpc) is 2.46. The van der Waals surface area contributed by atoms with Crippen molar-refractivity contribution in [3.8, 4) is 0 Å². The summed E-state index contributed by atoms with van der Waals surface area (Å²) in [6, 6.07) is 9.87. The van der Waals surface area contributed by atoms with Gasteiger partial charge in [0.1, 0.15) is 0 Å². The van der Waals surface area contributed by atoms with Crippen molar-refractivity contribution in [2.45, 2.75) is 59.2 Å². The molecule has 2 unspecified atom stereocenters. The van der Waals surface area contributed by atoms with Gasteiger partial charge >= 0.3 is 0 Å². The highest BCUT2D eigenvalue weighted by Crippen LogP contribution is 2.24. The van der Waals surface area contributed by atoms with Crippen LogP contribution in [0.3, 0.4) is 0 Å². The van der Waals surface area contributed by atoms with Crippen molar-refractivity contribution in [3.63, 3.8) is 0 Å². The minimum Gasteiger partial charge on any atom is -0.313 e. The molecule has 2 heteroatoms. The Balaban J connectivity index is 1.86. The van der Waals surface area contributed by atoms with Crippen molar-refractivity contribution in [1.82, 2.24) is 10.2 Å². The Bertz CT molecular complexity index is 385. The molecule has 0 aromatic heterocycles. The van der Waals surface area contributed by atoms with E-state index in [2.05, 4.69) is 55.3 Å². The van der Waals surface area contributed by atoms with E-state index >= 15 is 0 Å². The highest BCUT2D eigenvalue weighted by molar-refractivity contribution is 5.22. The molecule has 0 saturated carbocycles. The first-order valence-corrected chi connectivity index (χ1v) is 8.23. The number of hydrogen-bond acceptors (Lipinski definition) is 2. The van der Waals surface area contributed by atoms with Crippen molar-refractivity contribution < 1.29 is 0 Å². The van der Waals surface area contributed by atoms with Crippen LogP contribution in [-0.4, -0.2) is 24.0 Å². The predicted molar refractivity (Wildman–Crippen MR) is 86.7 cm³/mol. The standard InChI is InChI=1S/C18H30N2/c1-4-11-19-13-17-7-9-18(10-8-17)14-20-12-5-6-15(2)16(20)3/h7-10,15-16,19H,4-6,11-14H2,1-3H3. The molecule has 2 atom stereocenters. The van der Waals surface area contributed by atoms with Crippen molar-refractivity contribution in [2.24, 2.45) is 5.92 Å². The molecular formula is C18H30N2. The summed E-state index contributed by atoms with van der Waals surface area (Å²) in [7, 11) is 0. The second kappa shape index (κ2) is 7.80. The van der Waals surface area contributed by atoms with Crippen LogP contribution in [0.15, 0.2) is 24.3 Å². The first-order chi connectivity index (χ1) is 9.70. The lowest BCUT2D eigenvalue weighted by Gasteiger charge is -2.38. The number of nitrogens with one attached hydrogen (secondary N) is 1. The van der Waals surface area contributed by atoms with Gasteiger partial charge in [-0.1, -0.05) is 38.1 Å². The smallest absolute Gasteiger partial charge is 0.0236 e. The van der Waals surface area contributed by atoms with E-state index in [0.29, 0.717) is 0 Å². The molecule has 0 bridgehead atoms. The fourth-order valence-electron chi connectivity index (χ4n) is 3.05. The number of nitrogens with zero attached hydrogens (tertiary/aromatic N) is 1. The van der Waals surface area contributed by atoms with Crippen LogP contribution >= 0.6 is 0 Å². The summed E-state index contributed by atoms with van der Waals surface area (Å²) < 4.78 is 0. The Hall–Kier alpha value is -0.860. The van der Waals surface area contributed by atoms with Gasteiger partial charge in [0, 0.05) is 19.1 Å². The van der Waals surface area contributed by atoms with E-state index in [1.54, 1.807) is 0 Å². The van der Waals surface area contributed by atoms with Gasteiger partial charge < -0.3 is 5.32 Å². The number of rotatable bonds is 6. The summed E-state index contributed by atoms with van der Waals surface area (Å²) in [5.41, 5.74) is 2.84. The van der Waals surface area contributed by atoms with E-state index in [9.17, 15) is 0 Å². The summed E-state index contributed by atoms with van der Waals surface area (Å²) in [6.07, 6.45) is 3.94. The van der Waals surface area contributed by atoms with Gasteiger partial charge in [-0.05, 0) is 56.3 Å². The Labute approximate surface area is 124 Å². The molecule has 1 aliphatic rings. The van der Waals surface area contributed by atoms with Crippen LogP contribution in [0.5, 0.6) is 0 Å². The van der Waals surface area contributed by atoms with Crippen LogP contribution in [0.2, 0.25) is 0 Å². The molecule has 0 aliphatic carbocycles. The maximum Gasteiger partial charge on any atom is 0.0236 e. The van der Waals surface area contributed by atoms with Gasteiger partial charge in [0.2, 0.25) is 0 Å². The zero-order chi connectivity index (χ0) is 14.4. The molecule has 1 saturated heterocycles. The van der Waals surface area contributed by atoms with Gasteiger partial charge in [0.15, 0.2) is 0 Å². The van der Waals surface area contributed by atoms with Crippen molar-refractivity contribution in [1.29, 1.82) is 0 Å². The topological polar surface area (TPSA) is 15.3 Å². The van der Waals surface area contributed by atoms with Crippen molar-refractivity contribution in [2.75, 3.05) is 13.1 Å². The third kappa shape index (κ3) is 4.32. The van der Waals surface area contributed by atoms with Gasteiger partial charge in [-0.25, -0.2) is 0 Å². The number of benzene rings is 1. The van der Waals surface area contributed by atoms with E-state index in [1.165, 1.54) is 36.9 Å². The van der Waals surface area contributed by atoms with Crippen molar-refractivity contribution >= 4 is 0 Å². The van der Waals surface area contributed by atoms with Crippen molar-refractivity contribution in [3.05, 3.63) is 35.4 Å². The molecule has 1 N–H and O–H groups in total. The van der Waals surface area contributed by atoms with Crippen LogP contribution in [0.1, 0.15) is 51.2 Å². The SMILES string of the molecule is CCCNCc1ccc(CN2CCCC(C)C2C)cc1. The molecule has 0 spiro atoms. The molecule has 2 rings (SSSR count). The third-order valence-corrected chi connectivity index (χ3v) is 4.67. The number of piperidine rings is 1. The van der Waals surface area contributed by atoms with Crippen LogP contribution in [0.4, 0.5) is 0 Å². The summed E-state index contributed by atoms with van der Waals surface area (Å²) in [6.45, 7) is 11.4. The minimum atomic E-state index is 0.717. The first kappa shape index (κ1) is 15.5. The predicted octanol–water partition coefficient (Wildman–Crippen LogP) is 3.81. The molecule has 2 nitrogen and oxygen atoms in total. The van der Waals surface area contributed by atoms with E-state index in [0.717, 1.165) is 31.6 Å². The van der Waals surface area contributed by atoms with E-state index in [-0.39, 0.29) is 0 Å². The lowest BCUT2D eigenvalue weighted by molar-refractivity contribution is 0.106. The van der Waals surface area contributed by atoms with Gasteiger partial charge in [-0.3, -0.25) is 4.90 Å². The van der Waals surface area contributed by atoms with Crippen LogP contribution in [-0.2, 0) is 13.1 Å². The molecule has 1 aromatic carbocycles. The Morgan fingerprint density at radius 1 is 1.15 bits per heavy atom. The highest BCUT2D eigenvalue weighted by atomic mass is 15.2. The third-order valence-electron chi connectivity index (χ3n) is 4.67. The van der Waals surface area contributed by atoms with Gasteiger partial charge in [-0.2, -0.15) is 0 Å². The average molecular weight is 274 g/mol. The highest BCUT2D eigenvalue weighted by Gasteiger charge is 2.24. The lowest BCUT2D eigenvalue weighted by atomic mass is 9.91. The van der Waals surface area contributed by atoms with Crippen LogP contribution in [0.25, 0.3) is 0 Å². The van der Waals surface area contributed by atoms with E-state index in [1.807, 2.05) is 0 Å². The molecule has 1 heterocycles.